The molecule has 2 aromatic carbocycles. The second-order valence-corrected chi connectivity index (χ2v) is 5.93. The molecule has 94 valence electrons. The molecule has 0 radical (unpaired) electrons. The first-order valence-corrected chi connectivity index (χ1v) is 7.24. The molecule has 0 atom stereocenters. The van der Waals surface area contributed by atoms with Gasteiger partial charge in [-0.05, 0) is 18.6 Å². The fourth-order valence-corrected chi connectivity index (χ4v) is 3.33. The van der Waals surface area contributed by atoms with E-state index in [-0.39, 0.29) is 0 Å². The second kappa shape index (κ2) is 5.16. The molecule has 0 unspecified atom stereocenters. The maximum atomic E-state index is 6.25. The summed E-state index contributed by atoms with van der Waals surface area (Å²) in [6.45, 7) is 2.14. The van der Waals surface area contributed by atoms with Crippen LogP contribution in [0.5, 0.6) is 0 Å². The largest absolute Gasteiger partial charge is 0.243 e. The Morgan fingerprint density at radius 1 is 0.947 bits per heavy atom. The van der Waals surface area contributed by atoms with E-state index in [0.717, 1.165) is 10.7 Å². The second-order valence-electron chi connectivity index (χ2n) is 4.33. The molecule has 1 heterocycles. The van der Waals surface area contributed by atoms with Crippen LogP contribution in [0.2, 0.25) is 5.02 Å². The average Bonchev–Trinajstić information content (AvgIpc) is 2.82. The van der Waals surface area contributed by atoms with E-state index in [2.05, 4.69) is 41.3 Å². The molecule has 1 aromatic heterocycles. The van der Waals surface area contributed by atoms with Crippen LogP contribution in [-0.2, 0) is 0 Å². The third-order valence-corrected chi connectivity index (χ3v) is 4.35. The van der Waals surface area contributed by atoms with E-state index in [0.29, 0.717) is 0 Å². The molecular weight excluding hydrogens is 274 g/mol. The fourth-order valence-electron chi connectivity index (χ4n) is 2.08. The van der Waals surface area contributed by atoms with Gasteiger partial charge in [-0.3, -0.25) is 0 Å². The highest BCUT2D eigenvalue weighted by Gasteiger charge is 2.18. The standard InChI is InChI=1S/C16H13ClNS/c1-12-14(13-7-3-2-4-8-13)11-18(19-12)16-10-6-5-9-15(16)17/h2-11H,1H3/q+1. The number of halogens is 1. The SMILES string of the molecule is Cc1s[n+](-c2ccccc2Cl)cc1-c1ccccc1. The topological polar surface area (TPSA) is 3.88 Å². The van der Waals surface area contributed by atoms with Gasteiger partial charge in [0.25, 0.3) is 0 Å². The van der Waals surface area contributed by atoms with Crippen molar-refractivity contribution in [2.45, 2.75) is 6.92 Å². The third kappa shape index (κ3) is 2.42. The number of aryl methyl sites for hydroxylation is 1. The number of benzene rings is 2. The molecule has 0 fully saturated rings. The Labute approximate surface area is 121 Å². The highest BCUT2D eigenvalue weighted by molar-refractivity contribution is 7.02. The quantitative estimate of drug-likeness (QED) is 0.604. The molecule has 19 heavy (non-hydrogen) atoms. The lowest BCUT2D eigenvalue weighted by Gasteiger charge is -1.94. The first-order valence-electron chi connectivity index (χ1n) is 6.08. The summed E-state index contributed by atoms with van der Waals surface area (Å²) in [4.78, 5) is 1.28. The van der Waals surface area contributed by atoms with E-state index < -0.39 is 0 Å². The van der Waals surface area contributed by atoms with Gasteiger partial charge in [0.05, 0.1) is 10.4 Å². The van der Waals surface area contributed by atoms with Crippen molar-refractivity contribution in [3.63, 3.8) is 0 Å². The monoisotopic (exact) mass is 286 g/mol. The summed E-state index contributed by atoms with van der Waals surface area (Å²) in [5, 5.41) is 0.772. The van der Waals surface area contributed by atoms with Crippen molar-refractivity contribution in [2.24, 2.45) is 0 Å². The van der Waals surface area contributed by atoms with Crippen LogP contribution in [-0.4, -0.2) is 0 Å². The number of hydrogen-bond donors (Lipinski definition) is 0. The first-order chi connectivity index (χ1) is 9.25. The summed E-state index contributed by atoms with van der Waals surface area (Å²) < 4.78 is 2.12. The molecular formula is C16H13ClNS+. The number of nitrogens with zero attached hydrogens (tertiary/aromatic N) is 1. The number of rotatable bonds is 2. The molecule has 0 aliphatic carbocycles. The molecule has 0 bridgehead atoms. The van der Waals surface area contributed by atoms with Crippen molar-refractivity contribution in [1.82, 2.24) is 0 Å². The molecule has 0 aliphatic rings. The van der Waals surface area contributed by atoms with Gasteiger partial charge in [0.1, 0.15) is 16.6 Å². The molecule has 1 nitrogen and oxygen atoms in total. The minimum atomic E-state index is 0.772. The van der Waals surface area contributed by atoms with Crippen LogP contribution in [0.3, 0.4) is 0 Å². The van der Waals surface area contributed by atoms with Crippen molar-refractivity contribution >= 4 is 23.1 Å². The molecule has 0 saturated carbocycles. The number of para-hydroxylation sites is 1. The van der Waals surface area contributed by atoms with Gasteiger partial charge < -0.3 is 0 Å². The van der Waals surface area contributed by atoms with Gasteiger partial charge in [-0.25, -0.2) is 0 Å². The van der Waals surface area contributed by atoms with E-state index in [1.165, 1.54) is 16.0 Å². The van der Waals surface area contributed by atoms with Gasteiger partial charge in [0.2, 0.25) is 5.69 Å². The zero-order chi connectivity index (χ0) is 13.2. The zero-order valence-electron chi connectivity index (χ0n) is 10.5. The van der Waals surface area contributed by atoms with Crippen LogP contribution in [0.1, 0.15) is 4.88 Å². The fraction of sp³-hybridized carbons (Fsp3) is 0.0625. The Balaban J connectivity index is 2.10. The average molecular weight is 287 g/mol. The van der Waals surface area contributed by atoms with Gasteiger partial charge in [0, 0.05) is 6.07 Å². The molecule has 0 amide bonds. The Bertz CT molecular complexity index is 704. The third-order valence-electron chi connectivity index (χ3n) is 3.04. The molecule has 0 aliphatic heterocycles. The summed E-state index contributed by atoms with van der Waals surface area (Å²) in [5.41, 5.74) is 3.52. The van der Waals surface area contributed by atoms with Gasteiger partial charge in [-0.2, -0.15) is 0 Å². The Morgan fingerprint density at radius 3 is 2.37 bits per heavy atom. The smallest absolute Gasteiger partial charge is 0.100 e. The predicted molar refractivity (Wildman–Crippen MR) is 81.0 cm³/mol. The van der Waals surface area contributed by atoms with Crippen molar-refractivity contribution < 1.29 is 3.96 Å². The lowest BCUT2D eigenvalue weighted by Crippen LogP contribution is -2.24. The van der Waals surface area contributed by atoms with Gasteiger partial charge >= 0.3 is 0 Å². The zero-order valence-corrected chi connectivity index (χ0v) is 12.1. The summed E-state index contributed by atoms with van der Waals surface area (Å²) in [6.07, 6.45) is 2.15. The molecule has 3 rings (SSSR count). The normalized spacial score (nSPS) is 10.6. The highest BCUT2D eigenvalue weighted by atomic mass is 35.5. The van der Waals surface area contributed by atoms with Crippen LogP contribution in [0.25, 0.3) is 16.8 Å². The number of hydrogen-bond acceptors (Lipinski definition) is 1. The van der Waals surface area contributed by atoms with Crippen LogP contribution in [0, 0.1) is 6.92 Å². The molecule has 0 N–H and O–H groups in total. The van der Waals surface area contributed by atoms with E-state index in [4.69, 9.17) is 11.6 Å². The molecule has 3 heteroatoms. The summed E-state index contributed by atoms with van der Waals surface area (Å²) in [7, 11) is 0. The van der Waals surface area contributed by atoms with E-state index in [9.17, 15) is 0 Å². The van der Waals surface area contributed by atoms with Crippen molar-refractivity contribution in [3.8, 4) is 16.8 Å². The Hall–Kier alpha value is -1.64. The van der Waals surface area contributed by atoms with Gasteiger partial charge in [0.15, 0.2) is 6.20 Å². The Kier molecular flexibility index (Phi) is 3.36. The minimum Gasteiger partial charge on any atom is -0.100 e. The van der Waals surface area contributed by atoms with E-state index in [1.54, 1.807) is 11.5 Å². The molecule has 0 spiro atoms. The van der Waals surface area contributed by atoms with Crippen LogP contribution in [0.15, 0.2) is 60.8 Å². The maximum Gasteiger partial charge on any atom is 0.243 e. The highest BCUT2D eigenvalue weighted by Crippen LogP contribution is 2.26. The van der Waals surface area contributed by atoms with Crippen LogP contribution >= 0.6 is 23.1 Å². The number of aromatic nitrogens is 1. The predicted octanol–water partition coefficient (Wildman–Crippen LogP) is 4.65. The van der Waals surface area contributed by atoms with Crippen molar-refractivity contribution in [2.75, 3.05) is 0 Å². The van der Waals surface area contributed by atoms with Crippen LogP contribution < -0.4 is 3.96 Å². The van der Waals surface area contributed by atoms with Crippen molar-refractivity contribution in [1.29, 1.82) is 0 Å². The lowest BCUT2D eigenvalue weighted by atomic mass is 10.1. The Morgan fingerprint density at radius 2 is 1.63 bits per heavy atom. The van der Waals surface area contributed by atoms with Gasteiger partial charge in [-0.15, -0.1) is 3.96 Å². The van der Waals surface area contributed by atoms with Gasteiger partial charge in [-0.1, -0.05) is 54.1 Å². The minimum absolute atomic E-state index is 0.772. The molecule has 3 aromatic rings. The van der Waals surface area contributed by atoms with Crippen LogP contribution in [0.4, 0.5) is 0 Å². The lowest BCUT2D eigenvalue weighted by molar-refractivity contribution is -0.519. The maximum absolute atomic E-state index is 6.25. The molecule has 0 saturated heterocycles. The van der Waals surface area contributed by atoms with Crippen molar-refractivity contribution in [3.05, 3.63) is 70.7 Å². The van der Waals surface area contributed by atoms with E-state index in [1.807, 2.05) is 30.3 Å². The summed E-state index contributed by atoms with van der Waals surface area (Å²) in [6, 6.07) is 18.3. The van der Waals surface area contributed by atoms with E-state index >= 15 is 0 Å². The summed E-state index contributed by atoms with van der Waals surface area (Å²) in [5.74, 6) is 0. The summed E-state index contributed by atoms with van der Waals surface area (Å²) >= 11 is 7.96. The first kappa shape index (κ1) is 12.4.